The van der Waals surface area contributed by atoms with Gasteiger partial charge < -0.3 is 15.4 Å². The van der Waals surface area contributed by atoms with Crippen molar-refractivity contribution in [3.05, 3.63) is 69.6 Å². The van der Waals surface area contributed by atoms with Crippen molar-refractivity contribution in [3.8, 4) is 17.0 Å². The van der Waals surface area contributed by atoms with Crippen LogP contribution in [0, 0.1) is 5.92 Å². The van der Waals surface area contributed by atoms with E-state index in [-0.39, 0.29) is 5.91 Å². The largest absolute Gasteiger partial charge is 0.476 e. The molecule has 5 heterocycles. The van der Waals surface area contributed by atoms with Gasteiger partial charge in [-0.2, -0.15) is 14.6 Å². The summed E-state index contributed by atoms with van der Waals surface area (Å²) in [7, 11) is 0. The van der Waals surface area contributed by atoms with Gasteiger partial charge in [0.05, 0.1) is 23.2 Å². The summed E-state index contributed by atoms with van der Waals surface area (Å²) in [5.74, 6) is 1.31. The van der Waals surface area contributed by atoms with Crippen molar-refractivity contribution < 1.29 is 9.53 Å². The Morgan fingerprint density at radius 2 is 2.00 bits per heavy atom. The molecule has 2 N–H and O–H groups in total. The third-order valence-electron chi connectivity index (χ3n) is 6.58. The smallest absolute Gasteiger partial charge is 0.263 e. The molecule has 0 bridgehead atoms. The molecule has 8 nitrogen and oxygen atoms in total. The number of benzene rings is 1. The highest BCUT2D eigenvalue weighted by molar-refractivity contribution is 9.10. The lowest BCUT2D eigenvalue weighted by atomic mass is 9.98. The predicted molar refractivity (Wildman–Crippen MR) is 144 cm³/mol. The molecule has 1 saturated heterocycles. The molecule has 0 aliphatic carbocycles. The van der Waals surface area contributed by atoms with E-state index in [1.54, 1.807) is 10.7 Å². The van der Waals surface area contributed by atoms with Crippen LogP contribution in [0.3, 0.4) is 0 Å². The third kappa shape index (κ3) is 4.20. The first-order valence-electron chi connectivity index (χ1n) is 11.7. The van der Waals surface area contributed by atoms with E-state index < -0.39 is 0 Å². The van der Waals surface area contributed by atoms with Crippen molar-refractivity contribution in [2.24, 2.45) is 5.92 Å². The second kappa shape index (κ2) is 9.51. The maximum Gasteiger partial charge on any atom is 0.263 e. The lowest BCUT2D eigenvalue weighted by Crippen LogP contribution is -2.39. The van der Waals surface area contributed by atoms with Crippen LogP contribution in [0.25, 0.3) is 27.7 Å². The molecule has 5 aromatic rings. The third-order valence-corrected chi connectivity index (χ3v) is 8.19. The molecule has 0 radical (unpaired) electrons. The molecule has 4 aromatic heterocycles. The molecule has 1 fully saturated rings. The molecular formula is C26H23BrN6O2S. The van der Waals surface area contributed by atoms with Crippen LogP contribution in [0.15, 0.2) is 64.7 Å². The number of pyridine rings is 1. The van der Waals surface area contributed by atoms with Crippen LogP contribution in [0.4, 0.5) is 5.82 Å². The zero-order chi connectivity index (χ0) is 24.6. The Kier molecular flexibility index (Phi) is 6.06. The van der Waals surface area contributed by atoms with E-state index in [1.165, 1.54) is 11.3 Å². The molecule has 1 amide bonds. The van der Waals surface area contributed by atoms with Crippen molar-refractivity contribution >= 4 is 55.5 Å². The van der Waals surface area contributed by atoms with E-state index in [0.29, 0.717) is 34.3 Å². The second-order valence-corrected chi connectivity index (χ2v) is 10.6. The summed E-state index contributed by atoms with van der Waals surface area (Å²) in [6.07, 6.45) is 5.34. The number of nitrogens with two attached hydrogens (primary N) is 1. The highest BCUT2D eigenvalue weighted by Gasteiger charge is 2.25. The van der Waals surface area contributed by atoms with Gasteiger partial charge in [-0.15, -0.1) is 11.3 Å². The number of thiophene rings is 1. The summed E-state index contributed by atoms with van der Waals surface area (Å²) >= 11 is 5.02. The lowest BCUT2D eigenvalue weighted by Gasteiger charge is -2.31. The zero-order valence-corrected chi connectivity index (χ0v) is 21.7. The molecule has 182 valence electrons. The maximum atomic E-state index is 12.6. The molecule has 1 aliphatic heterocycles. The molecule has 1 aliphatic rings. The highest BCUT2D eigenvalue weighted by atomic mass is 79.9. The number of piperidine rings is 1. The van der Waals surface area contributed by atoms with E-state index in [9.17, 15) is 4.79 Å². The average molecular weight is 563 g/mol. The molecule has 1 aromatic carbocycles. The number of hydrogen-bond donors (Lipinski definition) is 1. The fourth-order valence-corrected chi connectivity index (χ4v) is 5.61. The van der Waals surface area contributed by atoms with Gasteiger partial charge in [0.1, 0.15) is 10.3 Å². The lowest BCUT2D eigenvalue weighted by molar-refractivity contribution is 0.0664. The van der Waals surface area contributed by atoms with Crippen molar-refractivity contribution in [1.29, 1.82) is 0 Å². The van der Waals surface area contributed by atoms with E-state index in [0.717, 1.165) is 52.8 Å². The SMILES string of the molecule is Nc1c(Br)c(OCC2CCN(C(=O)c3cccs3)CC2)nc2c(-c3cnc4ccccc4c3)cnn12. The Morgan fingerprint density at radius 1 is 1.17 bits per heavy atom. The second-order valence-electron chi connectivity index (χ2n) is 8.85. The van der Waals surface area contributed by atoms with E-state index in [4.69, 9.17) is 15.5 Å². The van der Waals surface area contributed by atoms with Crippen molar-refractivity contribution in [3.63, 3.8) is 0 Å². The predicted octanol–water partition coefficient (Wildman–Crippen LogP) is 5.28. The van der Waals surface area contributed by atoms with E-state index in [1.807, 2.05) is 52.9 Å². The van der Waals surface area contributed by atoms with E-state index in [2.05, 4.69) is 32.1 Å². The van der Waals surface area contributed by atoms with Crippen molar-refractivity contribution in [2.45, 2.75) is 12.8 Å². The fourth-order valence-electron chi connectivity index (χ4n) is 4.55. The number of likely N-dealkylation sites (tertiary alicyclic amines) is 1. The van der Waals surface area contributed by atoms with E-state index >= 15 is 0 Å². The number of ether oxygens (including phenoxy) is 1. The summed E-state index contributed by atoms with van der Waals surface area (Å²) in [5, 5.41) is 7.43. The Labute approximate surface area is 219 Å². The number of amides is 1. The first-order chi connectivity index (χ1) is 17.6. The number of anilines is 1. The van der Waals surface area contributed by atoms with Gasteiger partial charge in [-0.1, -0.05) is 24.3 Å². The van der Waals surface area contributed by atoms with Gasteiger partial charge in [-0.25, -0.2) is 0 Å². The van der Waals surface area contributed by atoms with Crippen LogP contribution in [0.2, 0.25) is 0 Å². The number of nitrogen functional groups attached to an aromatic ring is 1. The molecule has 0 unspecified atom stereocenters. The number of carbonyl (C=O) groups is 1. The van der Waals surface area contributed by atoms with Gasteiger partial charge in [0, 0.05) is 35.8 Å². The Hall–Kier alpha value is -3.50. The highest BCUT2D eigenvalue weighted by Crippen LogP contribution is 2.34. The minimum atomic E-state index is 0.114. The summed E-state index contributed by atoms with van der Waals surface area (Å²) in [4.78, 5) is 24.7. The normalized spacial score (nSPS) is 14.5. The molecule has 36 heavy (non-hydrogen) atoms. The minimum absolute atomic E-state index is 0.114. The number of aromatic nitrogens is 4. The monoisotopic (exact) mass is 562 g/mol. The number of nitrogens with zero attached hydrogens (tertiary/aromatic N) is 5. The number of halogens is 1. The Balaban J connectivity index is 1.20. The quantitative estimate of drug-likeness (QED) is 0.313. The van der Waals surface area contributed by atoms with Crippen LogP contribution in [0.5, 0.6) is 5.88 Å². The molecule has 10 heteroatoms. The maximum absolute atomic E-state index is 12.6. The summed E-state index contributed by atoms with van der Waals surface area (Å²) in [6, 6.07) is 13.8. The van der Waals surface area contributed by atoms with Gasteiger partial charge in [-0.05, 0) is 58.3 Å². The summed E-state index contributed by atoms with van der Waals surface area (Å²) in [5.41, 5.74) is 9.66. The molecule has 6 rings (SSSR count). The molecular weight excluding hydrogens is 540 g/mol. The first kappa shape index (κ1) is 22.9. The van der Waals surface area contributed by atoms with Gasteiger partial charge in [0.2, 0.25) is 5.88 Å². The van der Waals surface area contributed by atoms with Crippen LogP contribution < -0.4 is 10.5 Å². The standard InChI is InChI=1S/C26H23BrN6O2S/c27-22-23(28)33-24(19(14-30-33)18-12-17-4-1-2-5-20(17)29-13-18)31-25(22)35-15-16-7-9-32(10-8-16)26(34)21-6-3-11-36-21/h1-6,11-14,16H,7-10,15,28H2. The number of para-hydroxylation sites is 1. The summed E-state index contributed by atoms with van der Waals surface area (Å²) in [6.45, 7) is 1.95. The zero-order valence-electron chi connectivity index (χ0n) is 19.3. The molecule has 0 spiro atoms. The summed E-state index contributed by atoms with van der Waals surface area (Å²) < 4.78 is 8.35. The van der Waals surface area contributed by atoms with Crippen LogP contribution in [-0.2, 0) is 0 Å². The van der Waals surface area contributed by atoms with Gasteiger partial charge in [-0.3, -0.25) is 9.78 Å². The number of rotatable bonds is 5. The van der Waals surface area contributed by atoms with Crippen molar-refractivity contribution in [2.75, 3.05) is 25.4 Å². The van der Waals surface area contributed by atoms with Crippen LogP contribution in [0.1, 0.15) is 22.5 Å². The molecule has 0 saturated carbocycles. The fraction of sp³-hybridized carbons (Fsp3) is 0.231. The number of carbonyl (C=O) groups excluding carboxylic acids is 1. The first-order valence-corrected chi connectivity index (χ1v) is 13.4. The minimum Gasteiger partial charge on any atom is -0.476 e. The number of hydrogen-bond acceptors (Lipinski definition) is 7. The topological polar surface area (TPSA) is 98.6 Å². The molecule has 0 atom stereocenters. The van der Waals surface area contributed by atoms with Crippen LogP contribution >= 0.6 is 27.3 Å². The van der Waals surface area contributed by atoms with Crippen molar-refractivity contribution in [1.82, 2.24) is 24.5 Å². The Bertz CT molecular complexity index is 1560. The Morgan fingerprint density at radius 3 is 2.81 bits per heavy atom. The number of fused-ring (bicyclic) bond motifs is 2. The van der Waals surface area contributed by atoms with Crippen LogP contribution in [-0.4, -0.2) is 50.1 Å². The van der Waals surface area contributed by atoms with Gasteiger partial charge in [0.15, 0.2) is 5.65 Å². The average Bonchev–Trinajstić information content (AvgIpc) is 3.60. The van der Waals surface area contributed by atoms with Gasteiger partial charge in [0.25, 0.3) is 5.91 Å². The van der Waals surface area contributed by atoms with Gasteiger partial charge >= 0.3 is 0 Å².